The number of benzene rings is 1. The Balaban J connectivity index is 2.12. The molecule has 0 radical (unpaired) electrons. The molecule has 1 N–H and O–H groups in total. The summed E-state index contributed by atoms with van der Waals surface area (Å²) in [6.45, 7) is 0. The van der Waals surface area contributed by atoms with Gasteiger partial charge in [-0.3, -0.25) is 10.1 Å². The van der Waals surface area contributed by atoms with Crippen molar-refractivity contribution in [3.05, 3.63) is 35.6 Å². The quantitative estimate of drug-likeness (QED) is 0.817. The molecule has 1 aromatic carbocycles. The number of rotatable bonds is 2. The van der Waals surface area contributed by atoms with Crippen molar-refractivity contribution in [1.29, 1.82) is 0 Å². The zero-order chi connectivity index (χ0) is 12.3. The van der Waals surface area contributed by atoms with Gasteiger partial charge in [-0.1, -0.05) is 18.2 Å². The number of halogens is 1. The molecule has 1 aliphatic rings. The van der Waals surface area contributed by atoms with Crippen molar-refractivity contribution < 1.29 is 13.9 Å². The van der Waals surface area contributed by atoms with Gasteiger partial charge in [0.1, 0.15) is 11.9 Å². The molecule has 0 aliphatic carbocycles. The van der Waals surface area contributed by atoms with Crippen LogP contribution in [0.4, 0.5) is 4.39 Å². The summed E-state index contributed by atoms with van der Waals surface area (Å²) >= 11 is 1.63. The predicted molar refractivity (Wildman–Crippen MR) is 65.4 cm³/mol. The number of esters is 1. The molecule has 0 saturated carbocycles. The smallest absolute Gasteiger partial charge is 0.323 e. The topological polar surface area (TPSA) is 38.3 Å². The molecular formula is C12H14FNO2S. The minimum atomic E-state index is -0.358. The first-order valence-electron chi connectivity index (χ1n) is 5.38. The second-order valence-corrected chi connectivity index (χ2v) is 4.93. The highest BCUT2D eigenvalue weighted by Gasteiger charge is 2.29. The Morgan fingerprint density at radius 3 is 2.94 bits per heavy atom. The predicted octanol–water partition coefficient (Wildman–Crippen LogP) is 1.74. The molecule has 92 valence electrons. The number of carbonyl (C=O) groups is 1. The summed E-state index contributed by atoms with van der Waals surface area (Å²) in [5.41, 5.74) is 0.605. The van der Waals surface area contributed by atoms with Crippen LogP contribution in [-0.4, -0.2) is 30.6 Å². The standard InChI is InChI=1S/C12H14FNO2S/c1-16-12(15)11-7-17-6-10(14-11)8-4-2-3-5-9(8)13/h2-5,10-11,14H,6-7H2,1H3. The van der Waals surface area contributed by atoms with Crippen molar-refractivity contribution in [1.82, 2.24) is 5.32 Å². The van der Waals surface area contributed by atoms with Crippen LogP contribution in [0, 0.1) is 5.82 Å². The summed E-state index contributed by atoms with van der Waals surface area (Å²) in [6, 6.07) is 6.14. The molecule has 2 unspecified atom stereocenters. The number of thioether (sulfide) groups is 1. The van der Waals surface area contributed by atoms with Crippen molar-refractivity contribution in [2.45, 2.75) is 12.1 Å². The molecule has 5 heteroatoms. The minimum Gasteiger partial charge on any atom is -0.468 e. The number of nitrogens with one attached hydrogen (secondary N) is 1. The summed E-state index contributed by atoms with van der Waals surface area (Å²) in [6.07, 6.45) is 0. The normalized spacial score (nSPS) is 24.4. The van der Waals surface area contributed by atoms with E-state index in [0.29, 0.717) is 11.3 Å². The first-order valence-corrected chi connectivity index (χ1v) is 6.54. The third-order valence-corrected chi connectivity index (χ3v) is 3.88. The van der Waals surface area contributed by atoms with E-state index in [1.807, 2.05) is 0 Å². The van der Waals surface area contributed by atoms with E-state index in [9.17, 15) is 9.18 Å². The van der Waals surface area contributed by atoms with Crippen molar-refractivity contribution >= 4 is 17.7 Å². The van der Waals surface area contributed by atoms with E-state index in [2.05, 4.69) is 5.32 Å². The highest BCUT2D eigenvalue weighted by atomic mass is 32.2. The van der Waals surface area contributed by atoms with Crippen LogP contribution in [0.2, 0.25) is 0 Å². The molecule has 0 aromatic heterocycles. The van der Waals surface area contributed by atoms with Crippen LogP contribution >= 0.6 is 11.8 Å². The van der Waals surface area contributed by atoms with Crippen LogP contribution < -0.4 is 5.32 Å². The zero-order valence-corrected chi connectivity index (χ0v) is 10.3. The Labute approximate surface area is 104 Å². The third kappa shape index (κ3) is 2.79. The molecule has 0 amide bonds. The van der Waals surface area contributed by atoms with Gasteiger partial charge in [-0.05, 0) is 6.07 Å². The lowest BCUT2D eigenvalue weighted by Crippen LogP contribution is -2.46. The average Bonchev–Trinajstić information content (AvgIpc) is 2.38. The fraction of sp³-hybridized carbons (Fsp3) is 0.417. The van der Waals surface area contributed by atoms with Gasteiger partial charge < -0.3 is 4.74 Å². The van der Waals surface area contributed by atoms with Crippen LogP contribution in [0.1, 0.15) is 11.6 Å². The third-order valence-electron chi connectivity index (χ3n) is 2.74. The molecular weight excluding hydrogens is 241 g/mol. The van der Waals surface area contributed by atoms with Gasteiger partial charge in [0.15, 0.2) is 0 Å². The van der Waals surface area contributed by atoms with Gasteiger partial charge in [0.05, 0.1) is 7.11 Å². The van der Waals surface area contributed by atoms with E-state index in [0.717, 1.165) is 5.75 Å². The molecule has 2 rings (SSSR count). The summed E-state index contributed by atoms with van der Waals surface area (Å²) in [5, 5.41) is 3.13. The van der Waals surface area contributed by atoms with E-state index in [1.165, 1.54) is 13.2 Å². The van der Waals surface area contributed by atoms with E-state index in [-0.39, 0.29) is 23.9 Å². The molecule has 2 atom stereocenters. The highest BCUT2D eigenvalue weighted by molar-refractivity contribution is 7.99. The van der Waals surface area contributed by atoms with Gasteiger partial charge in [-0.15, -0.1) is 0 Å². The average molecular weight is 255 g/mol. The Morgan fingerprint density at radius 2 is 2.24 bits per heavy atom. The lowest BCUT2D eigenvalue weighted by Gasteiger charge is -2.29. The summed E-state index contributed by atoms with van der Waals surface area (Å²) < 4.78 is 18.3. The van der Waals surface area contributed by atoms with Crippen LogP contribution in [0.15, 0.2) is 24.3 Å². The van der Waals surface area contributed by atoms with E-state index >= 15 is 0 Å². The van der Waals surface area contributed by atoms with Crippen LogP contribution in [-0.2, 0) is 9.53 Å². The second kappa shape index (κ2) is 5.51. The van der Waals surface area contributed by atoms with E-state index in [1.54, 1.807) is 30.0 Å². The number of ether oxygens (including phenoxy) is 1. The van der Waals surface area contributed by atoms with Gasteiger partial charge in [-0.25, -0.2) is 4.39 Å². The molecule has 3 nitrogen and oxygen atoms in total. The Hall–Kier alpha value is -1.07. The van der Waals surface area contributed by atoms with Gasteiger partial charge in [-0.2, -0.15) is 11.8 Å². The van der Waals surface area contributed by atoms with E-state index in [4.69, 9.17) is 4.74 Å². The molecule has 1 aliphatic heterocycles. The molecule has 1 saturated heterocycles. The first kappa shape index (κ1) is 12.4. The van der Waals surface area contributed by atoms with Gasteiger partial charge >= 0.3 is 5.97 Å². The first-order chi connectivity index (χ1) is 8.22. The fourth-order valence-corrected chi connectivity index (χ4v) is 2.97. The summed E-state index contributed by atoms with van der Waals surface area (Å²) in [7, 11) is 1.36. The molecule has 0 bridgehead atoms. The maximum atomic E-state index is 13.6. The molecule has 1 fully saturated rings. The van der Waals surface area contributed by atoms with Crippen LogP contribution in [0.25, 0.3) is 0 Å². The number of carbonyl (C=O) groups excluding carboxylic acids is 1. The molecule has 1 heterocycles. The van der Waals surface area contributed by atoms with Crippen molar-refractivity contribution in [3.8, 4) is 0 Å². The maximum Gasteiger partial charge on any atom is 0.323 e. The Morgan fingerprint density at radius 1 is 1.47 bits per heavy atom. The summed E-state index contributed by atoms with van der Waals surface area (Å²) in [5.74, 6) is 0.890. The van der Waals surface area contributed by atoms with Gasteiger partial charge in [0.25, 0.3) is 0 Å². The number of methoxy groups -OCH3 is 1. The summed E-state index contributed by atoms with van der Waals surface area (Å²) in [4.78, 5) is 11.4. The molecule has 1 aromatic rings. The van der Waals surface area contributed by atoms with Crippen LogP contribution in [0.5, 0.6) is 0 Å². The fourth-order valence-electron chi connectivity index (χ4n) is 1.86. The number of hydrogen-bond donors (Lipinski definition) is 1. The highest BCUT2D eigenvalue weighted by Crippen LogP contribution is 2.26. The van der Waals surface area contributed by atoms with Crippen LogP contribution in [0.3, 0.4) is 0 Å². The molecule has 0 spiro atoms. The maximum absolute atomic E-state index is 13.6. The second-order valence-electron chi connectivity index (χ2n) is 3.85. The largest absolute Gasteiger partial charge is 0.468 e. The zero-order valence-electron chi connectivity index (χ0n) is 9.48. The Kier molecular flexibility index (Phi) is 4.02. The minimum absolute atomic E-state index is 0.140. The van der Waals surface area contributed by atoms with Crippen molar-refractivity contribution in [2.75, 3.05) is 18.6 Å². The SMILES string of the molecule is COC(=O)C1CSCC(c2ccccc2F)N1. The number of hydrogen-bond acceptors (Lipinski definition) is 4. The monoisotopic (exact) mass is 255 g/mol. The van der Waals surface area contributed by atoms with Crippen molar-refractivity contribution in [3.63, 3.8) is 0 Å². The molecule has 17 heavy (non-hydrogen) atoms. The lowest BCUT2D eigenvalue weighted by atomic mass is 10.1. The Bertz CT molecular complexity index is 413. The lowest BCUT2D eigenvalue weighted by molar-refractivity contribution is -0.142. The van der Waals surface area contributed by atoms with Crippen molar-refractivity contribution in [2.24, 2.45) is 0 Å². The van der Waals surface area contributed by atoms with E-state index < -0.39 is 0 Å². The van der Waals surface area contributed by atoms with Gasteiger partial charge in [0, 0.05) is 23.1 Å². The van der Waals surface area contributed by atoms with Gasteiger partial charge in [0.2, 0.25) is 0 Å².